The fraction of sp³-hybridized carbons (Fsp3) is 0.375. The summed E-state index contributed by atoms with van der Waals surface area (Å²) in [5.41, 5.74) is 0.461. The van der Waals surface area contributed by atoms with Crippen molar-refractivity contribution in [2.45, 2.75) is 32.3 Å². The Balaban J connectivity index is 2.17. The van der Waals surface area contributed by atoms with Crippen LogP contribution in [0.3, 0.4) is 0 Å². The number of phenols is 1. The van der Waals surface area contributed by atoms with Gasteiger partial charge in [0.1, 0.15) is 24.2 Å². The zero-order valence-electron chi connectivity index (χ0n) is 13.1. The number of hydrogen-bond acceptors (Lipinski definition) is 7. The van der Waals surface area contributed by atoms with Gasteiger partial charge in [-0.05, 0) is 25.0 Å². The van der Waals surface area contributed by atoms with Crippen molar-refractivity contribution < 1.29 is 19.4 Å². The third-order valence-electron chi connectivity index (χ3n) is 3.27. The maximum absolute atomic E-state index is 11.8. The number of unbranched alkanes of at least 4 members (excludes halogenated alkanes) is 1. The number of aromatic hydroxyl groups is 1. The largest absolute Gasteiger partial charge is 0.507 e. The minimum atomic E-state index is -0.692. The summed E-state index contributed by atoms with van der Waals surface area (Å²) in [6.07, 6.45) is 4.35. The van der Waals surface area contributed by atoms with Gasteiger partial charge in [-0.15, -0.1) is 0 Å². The number of benzene rings is 1. The van der Waals surface area contributed by atoms with Crippen LogP contribution in [-0.2, 0) is 9.53 Å². The minimum absolute atomic E-state index is 0.0344. The highest BCUT2D eigenvalue weighted by Crippen LogP contribution is 2.30. The minimum Gasteiger partial charge on any atom is -0.507 e. The molecule has 0 spiro atoms. The molecule has 1 unspecified atom stereocenters. The highest BCUT2D eigenvalue weighted by molar-refractivity contribution is 5.75. The molecule has 0 amide bonds. The lowest BCUT2D eigenvalue weighted by molar-refractivity contribution is -0.149. The predicted octanol–water partition coefficient (Wildman–Crippen LogP) is 2.35. The molecule has 0 bridgehead atoms. The molecule has 0 aliphatic carbocycles. The van der Waals surface area contributed by atoms with Crippen LogP contribution in [0.5, 0.6) is 11.5 Å². The van der Waals surface area contributed by atoms with Gasteiger partial charge in [-0.2, -0.15) is 0 Å². The molecule has 0 radical (unpaired) electrons. The first kappa shape index (κ1) is 16.7. The Morgan fingerprint density at radius 3 is 2.65 bits per heavy atom. The highest BCUT2D eigenvalue weighted by atomic mass is 16.6. The van der Waals surface area contributed by atoms with E-state index in [-0.39, 0.29) is 5.75 Å². The van der Waals surface area contributed by atoms with Gasteiger partial charge in [0.25, 0.3) is 0 Å². The van der Waals surface area contributed by atoms with Gasteiger partial charge in [0.05, 0.1) is 12.7 Å². The van der Waals surface area contributed by atoms with Gasteiger partial charge in [0.15, 0.2) is 11.9 Å². The number of esters is 1. The van der Waals surface area contributed by atoms with Gasteiger partial charge in [-0.25, -0.2) is 19.7 Å². The summed E-state index contributed by atoms with van der Waals surface area (Å²) in [5, 5.41) is 10.1. The monoisotopic (exact) mass is 317 g/mol. The SMILES string of the molecule is CCCCC(Oc1ccc(-c2ncncn2)c(O)c1)C(=O)OC. The van der Waals surface area contributed by atoms with Crippen LogP contribution in [0.2, 0.25) is 0 Å². The molecule has 1 atom stereocenters. The number of phenolic OH excluding ortho intramolecular Hbond substituents is 1. The molecule has 1 heterocycles. The van der Waals surface area contributed by atoms with E-state index in [1.807, 2.05) is 6.92 Å². The van der Waals surface area contributed by atoms with Crippen LogP contribution < -0.4 is 4.74 Å². The number of methoxy groups -OCH3 is 1. The molecule has 0 aliphatic heterocycles. The number of carbonyl (C=O) groups excluding carboxylic acids is 1. The molecule has 0 aliphatic rings. The van der Waals surface area contributed by atoms with Crippen molar-refractivity contribution in [2.24, 2.45) is 0 Å². The fourth-order valence-electron chi connectivity index (χ4n) is 2.06. The average molecular weight is 317 g/mol. The quantitative estimate of drug-likeness (QED) is 0.783. The zero-order valence-corrected chi connectivity index (χ0v) is 13.1. The van der Waals surface area contributed by atoms with Gasteiger partial charge in [-0.3, -0.25) is 0 Å². The molecule has 1 aromatic heterocycles. The lowest BCUT2D eigenvalue weighted by atomic mass is 10.1. The smallest absolute Gasteiger partial charge is 0.347 e. The van der Waals surface area contributed by atoms with Gasteiger partial charge < -0.3 is 14.6 Å². The summed E-state index contributed by atoms with van der Waals surface area (Å²) in [4.78, 5) is 23.5. The van der Waals surface area contributed by atoms with Crippen molar-refractivity contribution in [1.29, 1.82) is 0 Å². The van der Waals surface area contributed by atoms with Crippen LogP contribution >= 0.6 is 0 Å². The number of aromatic nitrogens is 3. The second-order valence-electron chi connectivity index (χ2n) is 4.91. The molecule has 7 nitrogen and oxygen atoms in total. The zero-order chi connectivity index (χ0) is 16.7. The second-order valence-corrected chi connectivity index (χ2v) is 4.91. The Bertz CT molecular complexity index is 649. The first-order valence-electron chi connectivity index (χ1n) is 7.35. The molecule has 7 heteroatoms. The summed E-state index contributed by atoms with van der Waals surface area (Å²) in [6, 6.07) is 4.72. The van der Waals surface area contributed by atoms with Gasteiger partial charge >= 0.3 is 5.97 Å². The van der Waals surface area contributed by atoms with E-state index in [4.69, 9.17) is 9.47 Å². The van der Waals surface area contributed by atoms with Crippen LogP contribution in [0.25, 0.3) is 11.4 Å². The van der Waals surface area contributed by atoms with Crippen LogP contribution in [0.1, 0.15) is 26.2 Å². The van der Waals surface area contributed by atoms with E-state index in [9.17, 15) is 9.90 Å². The van der Waals surface area contributed by atoms with Crippen molar-refractivity contribution in [3.05, 3.63) is 30.9 Å². The molecule has 2 rings (SSSR count). The Morgan fingerprint density at radius 1 is 1.30 bits per heavy atom. The van der Waals surface area contributed by atoms with Gasteiger partial charge in [0.2, 0.25) is 0 Å². The summed E-state index contributed by atoms with van der Waals surface area (Å²) in [6.45, 7) is 2.03. The van der Waals surface area contributed by atoms with Crippen molar-refractivity contribution >= 4 is 5.97 Å². The first-order chi connectivity index (χ1) is 11.2. The molecular formula is C16H19N3O4. The fourth-order valence-corrected chi connectivity index (χ4v) is 2.06. The summed E-state index contributed by atoms with van der Waals surface area (Å²) in [5.74, 6) is 0.277. The number of rotatable bonds is 7. The van der Waals surface area contributed by atoms with E-state index in [0.29, 0.717) is 23.6 Å². The van der Waals surface area contributed by atoms with Crippen LogP contribution in [0.15, 0.2) is 30.9 Å². The molecular weight excluding hydrogens is 298 g/mol. The van der Waals surface area contributed by atoms with Crippen molar-refractivity contribution in [1.82, 2.24) is 15.0 Å². The molecule has 1 aromatic carbocycles. The normalized spacial score (nSPS) is 11.7. The van der Waals surface area contributed by atoms with Crippen molar-refractivity contribution in [3.63, 3.8) is 0 Å². The number of carbonyl (C=O) groups is 1. The third kappa shape index (κ3) is 4.38. The second kappa shape index (κ2) is 8.07. The predicted molar refractivity (Wildman–Crippen MR) is 82.9 cm³/mol. The number of hydrogen-bond donors (Lipinski definition) is 1. The molecule has 1 N–H and O–H groups in total. The topological polar surface area (TPSA) is 94.4 Å². The van der Waals surface area contributed by atoms with Crippen molar-refractivity contribution in [3.8, 4) is 22.9 Å². The average Bonchev–Trinajstić information content (AvgIpc) is 2.58. The van der Waals surface area contributed by atoms with Gasteiger partial charge in [0, 0.05) is 6.07 Å². The lowest BCUT2D eigenvalue weighted by Crippen LogP contribution is -2.28. The Hall–Kier alpha value is -2.70. The van der Waals surface area contributed by atoms with Crippen LogP contribution in [-0.4, -0.2) is 39.2 Å². The van der Waals surface area contributed by atoms with E-state index in [2.05, 4.69) is 15.0 Å². The standard InChI is InChI=1S/C16H19N3O4/c1-3-4-5-14(16(21)22-2)23-11-6-7-12(13(20)8-11)15-18-9-17-10-19-15/h6-10,14,20H,3-5H2,1-2H3. The van der Waals surface area contributed by atoms with Crippen LogP contribution in [0, 0.1) is 0 Å². The van der Waals surface area contributed by atoms with E-state index in [1.165, 1.54) is 25.8 Å². The highest BCUT2D eigenvalue weighted by Gasteiger charge is 2.21. The summed E-state index contributed by atoms with van der Waals surface area (Å²) in [7, 11) is 1.33. The number of nitrogens with zero attached hydrogens (tertiary/aromatic N) is 3. The maximum Gasteiger partial charge on any atom is 0.347 e. The molecule has 0 saturated carbocycles. The van der Waals surface area contributed by atoms with Gasteiger partial charge in [-0.1, -0.05) is 13.3 Å². The van der Waals surface area contributed by atoms with Crippen molar-refractivity contribution in [2.75, 3.05) is 7.11 Å². The summed E-state index contributed by atoms with van der Waals surface area (Å²) >= 11 is 0. The van der Waals surface area contributed by atoms with Crippen LogP contribution in [0.4, 0.5) is 0 Å². The Morgan fingerprint density at radius 2 is 2.04 bits per heavy atom. The summed E-state index contributed by atoms with van der Waals surface area (Å²) < 4.78 is 10.4. The third-order valence-corrected chi connectivity index (χ3v) is 3.27. The van der Waals surface area contributed by atoms with E-state index in [0.717, 1.165) is 12.8 Å². The van der Waals surface area contributed by atoms with E-state index in [1.54, 1.807) is 12.1 Å². The molecule has 0 saturated heterocycles. The molecule has 23 heavy (non-hydrogen) atoms. The molecule has 122 valence electrons. The lowest BCUT2D eigenvalue weighted by Gasteiger charge is -2.17. The Kier molecular flexibility index (Phi) is 5.85. The maximum atomic E-state index is 11.8. The van der Waals surface area contributed by atoms with E-state index >= 15 is 0 Å². The Labute approximate surface area is 134 Å². The van der Waals surface area contributed by atoms with E-state index < -0.39 is 12.1 Å². The first-order valence-corrected chi connectivity index (χ1v) is 7.35. The molecule has 2 aromatic rings. The molecule has 0 fully saturated rings. The number of ether oxygens (including phenoxy) is 2.